The minimum atomic E-state index is 0.534. The van der Waals surface area contributed by atoms with Gasteiger partial charge in [-0.25, -0.2) is 4.98 Å². The summed E-state index contributed by atoms with van der Waals surface area (Å²) in [7, 11) is 0. The molecule has 246 valence electrons. The number of nitrogens with zero attached hydrogens (tertiary/aromatic N) is 4. The van der Waals surface area contributed by atoms with Gasteiger partial charge in [0.25, 0.3) is 0 Å². The van der Waals surface area contributed by atoms with E-state index in [0.29, 0.717) is 17.6 Å². The highest BCUT2D eigenvalue weighted by Gasteiger charge is 2.30. The molecule has 0 saturated carbocycles. The minimum Gasteiger partial charge on any atom is -0.456 e. The van der Waals surface area contributed by atoms with Gasteiger partial charge in [-0.15, -0.1) is 0 Å². The quantitative estimate of drug-likeness (QED) is 0.185. The van der Waals surface area contributed by atoms with Crippen LogP contribution in [0, 0.1) is 0 Å². The van der Waals surface area contributed by atoms with Crippen molar-refractivity contribution in [3.63, 3.8) is 0 Å². The molecule has 12 rings (SSSR count). The molecule has 0 N–H and O–H groups in total. The molecule has 8 aromatic carbocycles. The predicted octanol–water partition coefficient (Wildman–Crippen LogP) is 12.8. The number of rotatable bonds is 3. The highest BCUT2D eigenvalue weighted by molar-refractivity contribution is 6.19. The fraction of sp³-hybridized carbons (Fsp3) is 0. The van der Waals surface area contributed by atoms with Crippen molar-refractivity contribution in [3.05, 3.63) is 158 Å². The highest BCUT2D eigenvalue weighted by atomic mass is 16.3. The largest absolute Gasteiger partial charge is 0.456 e. The number of anilines is 3. The van der Waals surface area contributed by atoms with Gasteiger partial charge in [-0.1, -0.05) is 115 Å². The lowest BCUT2D eigenvalue weighted by atomic mass is 9.89. The first-order valence-electron chi connectivity index (χ1n) is 17.7. The Balaban J connectivity index is 1.20. The Morgan fingerprint density at radius 3 is 1.96 bits per heavy atom. The maximum Gasteiger partial charge on any atom is 0.238 e. The molecule has 0 radical (unpaired) electrons. The zero-order chi connectivity index (χ0) is 34.6. The molecule has 4 heterocycles. The van der Waals surface area contributed by atoms with Crippen LogP contribution in [0.5, 0.6) is 0 Å². The second-order valence-corrected chi connectivity index (χ2v) is 13.6. The molecule has 6 nitrogen and oxygen atoms in total. The van der Waals surface area contributed by atoms with Crippen molar-refractivity contribution in [2.75, 3.05) is 4.90 Å². The minimum absolute atomic E-state index is 0.534. The van der Waals surface area contributed by atoms with Crippen LogP contribution >= 0.6 is 0 Å². The van der Waals surface area contributed by atoms with E-state index in [9.17, 15) is 0 Å². The number of furan rings is 2. The lowest BCUT2D eigenvalue weighted by Gasteiger charge is -2.33. The molecule has 0 saturated heterocycles. The molecule has 11 aromatic rings. The van der Waals surface area contributed by atoms with E-state index in [-0.39, 0.29) is 0 Å². The SMILES string of the molecule is c1ccc2c3c(ccc2c1)-c1cccc2cccc(c12)N3c1nc(-c2ccc3oc4ccccc4c3c2)nc(-c2cccc3oc4ccccc4c23)n1. The average molecular weight is 679 g/mol. The van der Waals surface area contributed by atoms with Crippen molar-refractivity contribution in [2.45, 2.75) is 0 Å². The first-order chi connectivity index (χ1) is 26.3. The third kappa shape index (κ3) is 4.06. The predicted molar refractivity (Wildman–Crippen MR) is 214 cm³/mol. The monoisotopic (exact) mass is 678 g/mol. The van der Waals surface area contributed by atoms with Gasteiger partial charge in [0, 0.05) is 49.0 Å². The maximum absolute atomic E-state index is 6.34. The van der Waals surface area contributed by atoms with Crippen LogP contribution in [0.15, 0.2) is 167 Å². The van der Waals surface area contributed by atoms with Gasteiger partial charge in [-0.2, -0.15) is 9.97 Å². The Bertz CT molecular complexity index is 3320. The van der Waals surface area contributed by atoms with Crippen LogP contribution in [-0.2, 0) is 0 Å². The summed E-state index contributed by atoms with van der Waals surface area (Å²) in [6.07, 6.45) is 0. The first kappa shape index (κ1) is 28.4. The second kappa shape index (κ2) is 10.6. The fourth-order valence-corrected chi connectivity index (χ4v) is 8.31. The van der Waals surface area contributed by atoms with E-state index in [4.69, 9.17) is 23.8 Å². The van der Waals surface area contributed by atoms with E-state index < -0.39 is 0 Å². The molecular weight excluding hydrogens is 653 g/mol. The molecule has 3 aromatic heterocycles. The van der Waals surface area contributed by atoms with Gasteiger partial charge in [-0.05, 0) is 58.8 Å². The first-order valence-corrected chi connectivity index (χ1v) is 17.7. The summed E-state index contributed by atoms with van der Waals surface area (Å²) in [5.41, 5.74) is 9.40. The van der Waals surface area contributed by atoms with E-state index in [1.54, 1.807) is 0 Å². The van der Waals surface area contributed by atoms with Crippen LogP contribution in [0.1, 0.15) is 0 Å². The Morgan fingerprint density at radius 1 is 0.396 bits per heavy atom. The van der Waals surface area contributed by atoms with Crippen molar-refractivity contribution in [1.82, 2.24) is 15.0 Å². The Labute approximate surface area is 302 Å². The lowest BCUT2D eigenvalue weighted by Crippen LogP contribution is -2.19. The van der Waals surface area contributed by atoms with Gasteiger partial charge in [0.2, 0.25) is 5.95 Å². The number of hydrogen-bond acceptors (Lipinski definition) is 6. The molecule has 6 heteroatoms. The highest BCUT2D eigenvalue weighted by Crippen LogP contribution is 2.53. The number of aromatic nitrogens is 3. The third-order valence-electron chi connectivity index (χ3n) is 10.6. The van der Waals surface area contributed by atoms with Crippen LogP contribution in [0.2, 0.25) is 0 Å². The molecule has 0 unspecified atom stereocenters. The summed E-state index contributed by atoms with van der Waals surface area (Å²) in [4.78, 5) is 18.3. The smallest absolute Gasteiger partial charge is 0.238 e. The van der Waals surface area contributed by atoms with Gasteiger partial charge in [-0.3, -0.25) is 4.90 Å². The summed E-state index contributed by atoms with van der Waals surface area (Å²) in [5.74, 6) is 1.66. The van der Waals surface area contributed by atoms with E-state index in [1.165, 1.54) is 5.56 Å². The van der Waals surface area contributed by atoms with Crippen molar-refractivity contribution < 1.29 is 8.83 Å². The van der Waals surface area contributed by atoms with Crippen LogP contribution < -0.4 is 4.90 Å². The Kier molecular flexibility index (Phi) is 5.68. The van der Waals surface area contributed by atoms with Gasteiger partial charge in [0.1, 0.15) is 22.3 Å². The Morgan fingerprint density at radius 2 is 1.06 bits per heavy atom. The number of fused-ring (bicyclic) bond motifs is 10. The molecule has 0 amide bonds. The van der Waals surface area contributed by atoms with Crippen LogP contribution in [0.25, 0.3) is 99.3 Å². The zero-order valence-electron chi connectivity index (χ0n) is 28.1. The maximum atomic E-state index is 6.34. The lowest BCUT2D eigenvalue weighted by molar-refractivity contribution is 0.668. The number of benzene rings is 8. The molecule has 1 aliphatic rings. The molecule has 0 fully saturated rings. The van der Waals surface area contributed by atoms with Gasteiger partial charge in [0.15, 0.2) is 11.6 Å². The molecule has 1 aliphatic heterocycles. The summed E-state index contributed by atoms with van der Waals surface area (Å²) in [6.45, 7) is 0. The second-order valence-electron chi connectivity index (χ2n) is 13.6. The van der Waals surface area contributed by atoms with Crippen LogP contribution in [-0.4, -0.2) is 15.0 Å². The van der Waals surface area contributed by atoms with Crippen molar-refractivity contribution in [2.24, 2.45) is 0 Å². The third-order valence-corrected chi connectivity index (χ3v) is 10.6. The van der Waals surface area contributed by atoms with Gasteiger partial charge in [0.05, 0.1) is 11.4 Å². The van der Waals surface area contributed by atoms with E-state index >= 15 is 0 Å². The number of para-hydroxylation sites is 2. The summed E-state index contributed by atoms with van der Waals surface area (Å²) < 4.78 is 12.5. The molecule has 53 heavy (non-hydrogen) atoms. The molecule has 0 spiro atoms. The van der Waals surface area contributed by atoms with Crippen LogP contribution in [0.4, 0.5) is 17.3 Å². The van der Waals surface area contributed by atoms with Crippen molar-refractivity contribution in [3.8, 4) is 33.9 Å². The summed E-state index contributed by atoms with van der Waals surface area (Å²) >= 11 is 0. The van der Waals surface area contributed by atoms with Gasteiger partial charge >= 0.3 is 0 Å². The van der Waals surface area contributed by atoms with E-state index in [2.05, 4.69) is 102 Å². The number of hydrogen-bond donors (Lipinski definition) is 0. The standard InChI is InChI=1S/C47H26N4O2/c1-2-13-30-27(10-1)22-24-33-32-16-7-11-28-12-8-18-37(42(28)32)51(44(30)33)47-49-45(29-23-25-40-36(26-29)31-14-3-5-19-38(31)52-40)48-46(50-47)35-17-9-21-41-43(35)34-15-4-6-20-39(34)53-41/h1-26H. The van der Waals surface area contributed by atoms with Gasteiger partial charge < -0.3 is 8.83 Å². The van der Waals surface area contributed by atoms with E-state index in [1.807, 2.05) is 60.7 Å². The molecular formula is C47H26N4O2. The summed E-state index contributed by atoms with van der Waals surface area (Å²) in [5, 5.41) is 8.63. The summed E-state index contributed by atoms with van der Waals surface area (Å²) in [6, 6.07) is 54.5. The normalized spacial score (nSPS) is 12.5. The average Bonchev–Trinajstić information content (AvgIpc) is 3.79. The molecule has 0 atom stereocenters. The zero-order valence-corrected chi connectivity index (χ0v) is 28.1. The van der Waals surface area contributed by atoms with E-state index in [0.717, 1.165) is 93.5 Å². The Hall–Kier alpha value is -7.31. The molecule has 0 bridgehead atoms. The van der Waals surface area contributed by atoms with Crippen molar-refractivity contribution >= 4 is 82.7 Å². The topological polar surface area (TPSA) is 68.2 Å². The fourth-order valence-electron chi connectivity index (χ4n) is 8.31. The van der Waals surface area contributed by atoms with Crippen molar-refractivity contribution in [1.29, 1.82) is 0 Å². The molecule has 0 aliphatic carbocycles. The van der Waals surface area contributed by atoms with Crippen LogP contribution in [0.3, 0.4) is 0 Å².